The Morgan fingerprint density at radius 1 is 1.19 bits per heavy atom. The Kier molecular flexibility index (Phi) is 7.09. The predicted octanol–water partition coefficient (Wildman–Crippen LogP) is 4.45. The lowest BCUT2D eigenvalue weighted by Gasteiger charge is -2.23. The SMILES string of the molecule is COc1c(C)cc(C)cc1/C(O)=C1\C(=O)C(=O)N(CCCOC(C)C)C1c1ccc(C)o1. The second-order valence-electron chi connectivity index (χ2n) is 8.38. The van der Waals surface area contributed by atoms with Gasteiger partial charge in [-0.15, -0.1) is 0 Å². The first-order chi connectivity index (χ1) is 15.1. The van der Waals surface area contributed by atoms with Gasteiger partial charge in [0.15, 0.2) is 0 Å². The fourth-order valence-corrected chi connectivity index (χ4v) is 4.11. The summed E-state index contributed by atoms with van der Waals surface area (Å²) < 4.78 is 16.9. The summed E-state index contributed by atoms with van der Waals surface area (Å²) in [5.74, 6) is -0.147. The van der Waals surface area contributed by atoms with Crippen molar-refractivity contribution in [1.29, 1.82) is 0 Å². The Bertz CT molecular complexity index is 1050. The molecule has 0 aliphatic carbocycles. The normalized spacial score (nSPS) is 18.1. The minimum atomic E-state index is -0.826. The van der Waals surface area contributed by atoms with E-state index in [0.29, 0.717) is 42.4 Å². The molecule has 1 amide bonds. The summed E-state index contributed by atoms with van der Waals surface area (Å²) >= 11 is 0. The van der Waals surface area contributed by atoms with Crippen LogP contribution in [0.5, 0.6) is 5.75 Å². The van der Waals surface area contributed by atoms with E-state index in [1.165, 1.54) is 12.0 Å². The molecule has 1 unspecified atom stereocenters. The van der Waals surface area contributed by atoms with Crippen LogP contribution in [0.25, 0.3) is 5.76 Å². The van der Waals surface area contributed by atoms with Gasteiger partial charge in [-0.1, -0.05) is 6.07 Å². The standard InChI is InChI=1S/C25H31NO6/c1-14(2)31-11-7-10-26-21(19-9-8-17(5)32-19)20(23(28)25(26)29)22(27)18-13-15(3)12-16(4)24(18)30-6/h8-9,12-14,21,27H,7,10-11H2,1-6H3/b22-20+. The quantitative estimate of drug-likeness (QED) is 0.282. The summed E-state index contributed by atoms with van der Waals surface area (Å²) in [6.45, 7) is 10.2. The number of carbonyl (C=O) groups is 2. The number of aryl methyl sites for hydroxylation is 3. The molecule has 1 aromatic carbocycles. The monoisotopic (exact) mass is 441 g/mol. The number of carbonyl (C=O) groups excluding carboxylic acids is 2. The Morgan fingerprint density at radius 2 is 1.91 bits per heavy atom. The maximum atomic E-state index is 13.1. The van der Waals surface area contributed by atoms with E-state index in [2.05, 4.69) is 0 Å². The van der Waals surface area contributed by atoms with E-state index in [1.807, 2.05) is 33.8 Å². The number of ketones is 1. The van der Waals surface area contributed by atoms with Gasteiger partial charge in [-0.05, 0) is 70.4 Å². The summed E-state index contributed by atoms with van der Waals surface area (Å²) in [7, 11) is 1.51. The summed E-state index contributed by atoms with van der Waals surface area (Å²) in [6, 6.07) is 6.35. The molecular weight excluding hydrogens is 410 g/mol. The van der Waals surface area contributed by atoms with Crippen molar-refractivity contribution in [3.8, 4) is 5.75 Å². The van der Waals surface area contributed by atoms with E-state index in [9.17, 15) is 14.7 Å². The van der Waals surface area contributed by atoms with Crippen LogP contribution in [0.1, 0.15) is 54.5 Å². The summed E-state index contributed by atoms with van der Waals surface area (Å²) in [5, 5.41) is 11.3. The van der Waals surface area contributed by atoms with Gasteiger partial charge in [0, 0.05) is 13.2 Å². The van der Waals surface area contributed by atoms with Gasteiger partial charge in [-0.2, -0.15) is 0 Å². The molecular formula is C25H31NO6. The van der Waals surface area contributed by atoms with Crippen molar-refractivity contribution in [1.82, 2.24) is 4.90 Å². The molecule has 1 atom stereocenters. The molecule has 0 radical (unpaired) electrons. The van der Waals surface area contributed by atoms with Crippen LogP contribution in [0, 0.1) is 20.8 Å². The van der Waals surface area contributed by atoms with Gasteiger partial charge in [-0.25, -0.2) is 0 Å². The molecule has 7 heteroatoms. The smallest absolute Gasteiger partial charge is 0.295 e. The number of hydrogen-bond acceptors (Lipinski definition) is 6. The average Bonchev–Trinajstić information content (AvgIpc) is 3.25. The van der Waals surface area contributed by atoms with Crippen LogP contribution in [0.2, 0.25) is 0 Å². The molecule has 3 rings (SSSR count). The largest absolute Gasteiger partial charge is 0.507 e. The number of rotatable bonds is 8. The predicted molar refractivity (Wildman–Crippen MR) is 121 cm³/mol. The van der Waals surface area contributed by atoms with Crippen molar-refractivity contribution in [3.05, 3.63) is 58.0 Å². The zero-order valence-electron chi connectivity index (χ0n) is 19.5. The van der Waals surface area contributed by atoms with Gasteiger partial charge in [0.2, 0.25) is 0 Å². The number of ether oxygens (including phenoxy) is 2. The van der Waals surface area contributed by atoms with Crippen LogP contribution in [-0.2, 0) is 14.3 Å². The number of aliphatic hydroxyl groups is 1. The number of likely N-dealkylation sites (tertiary alicyclic amines) is 1. The van der Waals surface area contributed by atoms with Gasteiger partial charge >= 0.3 is 0 Å². The van der Waals surface area contributed by atoms with E-state index in [0.717, 1.165) is 11.1 Å². The molecule has 1 saturated heterocycles. The van der Waals surface area contributed by atoms with Gasteiger partial charge in [0.1, 0.15) is 29.1 Å². The van der Waals surface area contributed by atoms with Crippen LogP contribution in [0.4, 0.5) is 0 Å². The lowest BCUT2D eigenvalue weighted by atomic mass is 9.96. The van der Waals surface area contributed by atoms with Gasteiger partial charge in [0.05, 0.1) is 24.4 Å². The average molecular weight is 442 g/mol. The highest BCUT2D eigenvalue weighted by atomic mass is 16.5. The molecule has 1 N–H and O–H groups in total. The zero-order chi connectivity index (χ0) is 23.6. The summed E-state index contributed by atoms with van der Waals surface area (Å²) in [6.07, 6.45) is 0.625. The first kappa shape index (κ1) is 23.6. The van der Waals surface area contributed by atoms with Gasteiger partial charge in [-0.3, -0.25) is 9.59 Å². The third kappa shape index (κ3) is 4.58. The van der Waals surface area contributed by atoms with Crippen molar-refractivity contribution < 1.29 is 28.6 Å². The summed E-state index contributed by atoms with van der Waals surface area (Å²) in [4.78, 5) is 27.5. The Morgan fingerprint density at radius 3 is 2.50 bits per heavy atom. The van der Waals surface area contributed by atoms with E-state index in [-0.39, 0.29) is 17.4 Å². The van der Waals surface area contributed by atoms with Gasteiger partial charge in [0.25, 0.3) is 11.7 Å². The maximum absolute atomic E-state index is 13.1. The van der Waals surface area contributed by atoms with E-state index in [4.69, 9.17) is 13.9 Å². The van der Waals surface area contributed by atoms with Crippen molar-refractivity contribution >= 4 is 17.4 Å². The third-order valence-corrected chi connectivity index (χ3v) is 5.44. The van der Waals surface area contributed by atoms with E-state index in [1.54, 1.807) is 25.1 Å². The Hall–Kier alpha value is -3.06. The van der Waals surface area contributed by atoms with Crippen molar-refractivity contribution in [3.63, 3.8) is 0 Å². The van der Waals surface area contributed by atoms with Crippen molar-refractivity contribution in [2.45, 2.75) is 53.2 Å². The molecule has 32 heavy (non-hydrogen) atoms. The number of Topliss-reactive ketones (excluding diaryl/α,β-unsaturated/α-hetero) is 1. The lowest BCUT2D eigenvalue weighted by Crippen LogP contribution is -2.31. The third-order valence-electron chi connectivity index (χ3n) is 5.44. The number of nitrogens with zero attached hydrogens (tertiary/aromatic N) is 1. The molecule has 1 aromatic heterocycles. The van der Waals surface area contributed by atoms with Crippen LogP contribution < -0.4 is 4.74 Å². The topological polar surface area (TPSA) is 89.2 Å². The molecule has 1 aliphatic heterocycles. The number of hydrogen-bond donors (Lipinski definition) is 1. The number of methoxy groups -OCH3 is 1. The van der Waals surface area contributed by atoms with Crippen LogP contribution in [-0.4, -0.2) is 48.1 Å². The molecule has 2 aromatic rings. The molecule has 0 bridgehead atoms. The molecule has 7 nitrogen and oxygen atoms in total. The molecule has 1 fully saturated rings. The highest BCUT2D eigenvalue weighted by molar-refractivity contribution is 6.46. The minimum Gasteiger partial charge on any atom is -0.507 e. The van der Waals surface area contributed by atoms with Crippen molar-refractivity contribution in [2.75, 3.05) is 20.3 Å². The number of aliphatic hydroxyl groups excluding tert-OH is 1. The number of furan rings is 1. The van der Waals surface area contributed by atoms with Crippen LogP contribution in [0.15, 0.2) is 34.3 Å². The fourth-order valence-electron chi connectivity index (χ4n) is 4.11. The van der Waals surface area contributed by atoms with Gasteiger partial charge < -0.3 is 23.9 Å². The second-order valence-corrected chi connectivity index (χ2v) is 8.38. The molecule has 172 valence electrons. The fraction of sp³-hybridized carbons (Fsp3) is 0.440. The summed E-state index contributed by atoms with van der Waals surface area (Å²) in [5.41, 5.74) is 2.09. The first-order valence-electron chi connectivity index (χ1n) is 10.8. The van der Waals surface area contributed by atoms with E-state index >= 15 is 0 Å². The first-order valence-corrected chi connectivity index (χ1v) is 10.8. The highest BCUT2D eigenvalue weighted by Gasteiger charge is 2.47. The molecule has 0 saturated carbocycles. The zero-order valence-corrected chi connectivity index (χ0v) is 19.5. The highest BCUT2D eigenvalue weighted by Crippen LogP contribution is 2.42. The number of benzene rings is 1. The van der Waals surface area contributed by atoms with Crippen molar-refractivity contribution in [2.24, 2.45) is 0 Å². The maximum Gasteiger partial charge on any atom is 0.295 e. The minimum absolute atomic E-state index is 0.00238. The molecule has 1 aliphatic rings. The van der Waals surface area contributed by atoms with Crippen LogP contribution >= 0.6 is 0 Å². The van der Waals surface area contributed by atoms with E-state index < -0.39 is 17.7 Å². The Balaban J connectivity index is 2.11. The Labute approximate surface area is 188 Å². The number of amides is 1. The molecule has 2 heterocycles. The van der Waals surface area contributed by atoms with Crippen LogP contribution in [0.3, 0.4) is 0 Å². The second kappa shape index (κ2) is 9.61. The lowest BCUT2D eigenvalue weighted by molar-refractivity contribution is -0.140. The molecule has 0 spiro atoms.